The van der Waals surface area contributed by atoms with Crippen LogP contribution in [0.5, 0.6) is 17.2 Å². The fourth-order valence-corrected chi connectivity index (χ4v) is 2.71. The number of amides is 1. The normalized spacial score (nSPS) is 11.3. The number of halogens is 1. The number of carbonyl (C=O) groups is 2. The molecule has 2 aromatic carbocycles. The summed E-state index contributed by atoms with van der Waals surface area (Å²) < 4.78 is 21.3. The Morgan fingerprint density at radius 1 is 1.07 bits per heavy atom. The highest BCUT2D eigenvalue weighted by molar-refractivity contribution is 6.32. The summed E-state index contributed by atoms with van der Waals surface area (Å²) in [4.78, 5) is 24.8. The molecule has 0 bridgehead atoms. The van der Waals surface area contributed by atoms with Crippen LogP contribution >= 0.6 is 11.6 Å². The highest BCUT2D eigenvalue weighted by Crippen LogP contribution is 2.36. The van der Waals surface area contributed by atoms with Gasteiger partial charge in [-0.3, -0.25) is 4.79 Å². The lowest BCUT2D eigenvalue weighted by Crippen LogP contribution is -2.30. The SMILES string of the molecule is CCOc1ccc(NC(=O)C(C)OC(=O)c2cc(Cl)c(OCC)c(OC)c2)cc1. The largest absolute Gasteiger partial charge is 0.494 e. The number of carbonyl (C=O) groups excluding carboxylic acids is 2. The quantitative estimate of drug-likeness (QED) is 0.607. The molecule has 29 heavy (non-hydrogen) atoms. The van der Waals surface area contributed by atoms with E-state index >= 15 is 0 Å². The Bertz CT molecular complexity index is 853. The van der Waals surface area contributed by atoms with Crippen molar-refractivity contribution in [3.8, 4) is 17.2 Å². The smallest absolute Gasteiger partial charge is 0.339 e. The molecule has 0 aliphatic carbocycles. The minimum atomic E-state index is -1.02. The first-order valence-corrected chi connectivity index (χ1v) is 9.52. The van der Waals surface area contributed by atoms with Crippen molar-refractivity contribution in [3.63, 3.8) is 0 Å². The standard InChI is InChI=1S/C21H24ClNO6/c1-5-27-16-9-7-15(8-10-16)23-20(24)13(3)29-21(25)14-11-17(22)19(28-6-2)18(12-14)26-4/h7-13H,5-6H2,1-4H3,(H,23,24). The third-order valence-electron chi connectivity index (χ3n) is 3.84. The second kappa shape index (κ2) is 10.6. The maximum absolute atomic E-state index is 12.4. The third-order valence-corrected chi connectivity index (χ3v) is 4.12. The summed E-state index contributed by atoms with van der Waals surface area (Å²) in [6.07, 6.45) is -1.02. The molecular weight excluding hydrogens is 398 g/mol. The number of methoxy groups -OCH3 is 1. The topological polar surface area (TPSA) is 83.1 Å². The molecule has 0 aliphatic rings. The van der Waals surface area contributed by atoms with Gasteiger partial charge < -0.3 is 24.3 Å². The van der Waals surface area contributed by atoms with Gasteiger partial charge >= 0.3 is 5.97 Å². The zero-order chi connectivity index (χ0) is 21.4. The van der Waals surface area contributed by atoms with E-state index in [0.717, 1.165) is 0 Å². The average molecular weight is 422 g/mol. The number of nitrogens with one attached hydrogen (secondary N) is 1. The molecule has 2 aromatic rings. The third kappa shape index (κ3) is 6.02. The highest BCUT2D eigenvalue weighted by atomic mass is 35.5. The minimum absolute atomic E-state index is 0.149. The van der Waals surface area contributed by atoms with Crippen molar-refractivity contribution in [3.05, 3.63) is 47.0 Å². The first-order chi connectivity index (χ1) is 13.9. The van der Waals surface area contributed by atoms with Gasteiger partial charge in [0.1, 0.15) is 5.75 Å². The molecule has 1 N–H and O–H groups in total. The van der Waals surface area contributed by atoms with Crippen molar-refractivity contribution in [1.82, 2.24) is 0 Å². The van der Waals surface area contributed by atoms with Gasteiger partial charge in [-0.2, -0.15) is 0 Å². The van der Waals surface area contributed by atoms with Crippen molar-refractivity contribution < 1.29 is 28.5 Å². The van der Waals surface area contributed by atoms with E-state index in [0.29, 0.717) is 36.1 Å². The highest BCUT2D eigenvalue weighted by Gasteiger charge is 2.22. The zero-order valence-corrected chi connectivity index (χ0v) is 17.5. The Balaban J connectivity index is 2.04. The van der Waals surface area contributed by atoms with Gasteiger partial charge in [-0.1, -0.05) is 11.6 Å². The Kier molecular flexibility index (Phi) is 8.15. The molecule has 0 saturated heterocycles. The van der Waals surface area contributed by atoms with Gasteiger partial charge in [0.2, 0.25) is 0 Å². The van der Waals surface area contributed by atoms with E-state index in [9.17, 15) is 9.59 Å². The molecule has 2 rings (SSSR count). The fourth-order valence-electron chi connectivity index (χ4n) is 2.45. The molecule has 1 amide bonds. The molecule has 0 radical (unpaired) electrons. The molecule has 1 unspecified atom stereocenters. The summed E-state index contributed by atoms with van der Waals surface area (Å²) >= 11 is 6.18. The molecule has 8 heteroatoms. The van der Waals surface area contributed by atoms with Gasteiger partial charge in [0.15, 0.2) is 17.6 Å². The average Bonchev–Trinajstić information content (AvgIpc) is 2.70. The van der Waals surface area contributed by atoms with Gasteiger partial charge in [-0.05, 0) is 57.2 Å². The van der Waals surface area contributed by atoms with E-state index in [1.54, 1.807) is 24.3 Å². The number of benzene rings is 2. The summed E-state index contributed by atoms with van der Waals surface area (Å²) in [5, 5.41) is 2.90. The van der Waals surface area contributed by atoms with Crippen LogP contribution in [0.25, 0.3) is 0 Å². The summed E-state index contributed by atoms with van der Waals surface area (Å²) in [5.41, 5.74) is 0.711. The number of esters is 1. The molecule has 1 atom stereocenters. The van der Waals surface area contributed by atoms with Crippen LogP contribution in [0.2, 0.25) is 5.02 Å². The van der Waals surface area contributed by atoms with Gasteiger partial charge in [-0.25, -0.2) is 4.79 Å². The maximum Gasteiger partial charge on any atom is 0.339 e. The number of rotatable bonds is 9. The van der Waals surface area contributed by atoms with Gasteiger partial charge in [0, 0.05) is 5.69 Å². The minimum Gasteiger partial charge on any atom is -0.494 e. The number of anilines is 1. The van der Waals surface area contributed by atoms with E-state index in [-0.39, 0.29) is 10.6 Å². The molecule has 0 heterocycles. The van der Waals surface area contributed by atoms with Crippen molar-refractivity contribution in [2.24, 2.45) is 0 Å². The van der Waals surface area contributed by atoms with Crippen LogP contribution in [0.1, 0.15) is 31.1 Å². The van der Waals surface area contributed by atoms with Crippen LogP contribution in [0.3, 0.4) is 0 Å². The Labute approximate surface area is 174 Å². The molecule has 0 aliphatic heterocycles. The maximum atomic E-state index is 12.4. The lowest BCUT2D eigenvalue weighted by molar-refractivity contribution is -0.123. The molecular formula is C21H24ClNO6. The van der Waals surface area contributed by atoms with E-state index in [4.69, 9.17) is 30.5 Å². The van der Waals surface area contributed by atoms with Crippen LogP contribution < -0.4 is 19.5 Å². The first-order valence-electron chi connectivity index (χ1n) is 9.14. The number of hydrogen-bond donors (Lipinski definition) is 1. The second-order valence-corrected chi connectivity index (χ2v) is 6.32. The first kappa shape index (κ1) is 22.4. The predicted octanol–water partition coefficient (Wildman–Crippen LogP) is 4.33. The van der Waals surface area contributed by atoms with Crippen LogP contribution in [-0.4, -0.2) is 38.3 Å². The Morgan fingerprint density at radius 2 is 1.72 bits per heavy atom. The number of hydrogen-bond acceptors (Lipinski definition) is 6. The summed E-state index contributed by atoms with van der Waals surface area (Å²) in [6.45, 7) is 6.12. The van der Waals surface area contributed by atoms with E-state index in [2.05, 4.69) is 5.32 Å². The van der Waals surface area contributed by atoms with Crippen molar-refractivity contribution in [2.75, 3.05) is 25.6 Å². The molecule has 0 saturated carbocycles. The summed E-state index contributed by atoms with van der Waals surface area (Å²) in [5.74, 6) is 0.174. The molecule has 0 fully saturated rings. The molecule has 156 valence electrons. The van der Waals surface area contributed by atoms with E-state index in [1.807, 2.05) is 13.8 Å². The van der Waals surface area contributed by atoms with Crippen LogP contribution in [-0.2, 0) is 9.53 Å². The lowest BCUT2D eigenvalue weighted by atomic mass is 10.2. The predicted molar refractivity (Wildman–Crippen MR) is 110 cm³/mol. The monoisotopic (exact) mass is 421 g/mol. The van der Waals surface area contributed by atoms with Gasteiger partial charge in [-0.15, -0.1) is 0 Å². The van der Waals surface area contributed by atoms with Gasteiger partial charge in [0.25, 0.3) is 5.91 Å². The molecule has 0 aromatic heterocycles. The van der Waals surface area contributed by atoms with Gasteiger partial charge in [0.05, 0.1) is 30.9 Å². The summed E-state index contributed by atoms with van der Waals surface area (Å²) in [7, 11) is 1.44. The van der Waals surface area contributed by atoms with E-state index < -0.39 is 18.0 Å². The lowest BCUT2D eigenvalue weighted by Gasteiger charge is -2.16. The molecule has 7 nitrogen and oxygen atoms in total. The Morgan fingerprint density at radius 3 is 2.31 bits per heavy atom. The molecule has 0 spiro atoms. The van der Waals surface area contributed by atoms with Crippen LogP contribution in [0, 0.1) is 0 Å². The van der Waals surface area contributed by atoms with Crippen molar-refractivity contribution >= 4 is 29.2 Å². The zero-order valence-electron chi connectivity index (χ0n) is 16.8. The summed E-state index contributed by atoms with van der Waals surface area (Å²) in [6, 6.07) is 9.75. The Hall–Kier alpha value is -2.93. The van der Waals surface area contributed by atoms with E-state index in [1.165, 1.54) is 26.2 Å². The fraction of sp³-hybridized carbons (Fsp3) is 0.333. The second-order valence-electron chi connectivity index (χ2n) is 5.92. The van der Waals surface area contributed by atoms with Crippen molar-refractivity contribution in [1.29, 1.82) is 0 Å². The van der Waals surface area contributed by atoms with Crippen LogP contribution in [0.4, 0.5) is 5.69 Å². The van der Waals surface area contributed by atoms with Crippen molar-refractivity contribution in [2.45, 2.75) is 26.9 Å². The van der Waals surface area contributed by atoms with Crippen LogP contribution in [0.15, 0.2) is 36.4 Å². The number of ether oxygens (including phenoxy) is 4.